The number of anilines is 2. The molecule has 2 N–H and O–H groups in total. The van der Waals surface area contributed by atoms with Crippen LogP contribution in [0.3, 0.4) is 0 Å². The number of nitrogens with one attached hydrogen (secondary N) is 2. The van der Waals surface area contributed by atoms with E-state index in [1.165, 1.54) is 0 Å². The molecule has 0 spiro atoms. The van der Waals surface area contributed by atoms with Gasteiger partial charge in [-0.05, 0) is 37.3 Å². The van der Waals surface area contributed by atoms with E-state index in [4.69, 9.17) is 0 Å². The quantitative estimate of drug-likeness (QED) is 0.523. The first kappa shape index (κ1) is 14.5. The fraction of sp³-hybridized carbons (Fsp3) is 0.0556. The van der Waals surface area contributed by atoms with Gasteiger partial charge in [-0.2, -0.15) is 10.2 Å². The summed E-state index contributed by atoms with van der Waals surface area (Å²) < 4.78 is 1.85. The molecule has 0 saturated carbocycles. The number of hydrogen-bond donors (Lipinski definition) is 2. The third-order valence-electron chi connectivity index (χ3n) is 4.19. The van der Waals surface area contributed by atoms with Crippen LogP contribution in [-0.4, -0.2) is 34.9 Å². The number of fused-ring (bicyclic) bond motifs is 2. The summed E-state index contributed by atoms with van der Waals surface area (Å²) in [4.78, 5) is 12.9. The molecule has 5 rings (SSSR count). The van der Waals surface area contributed by atoms with Gasteiger partial charge < -0.3 is 5.32 Å². The molecule has 4 heterocycles. The van der Waals surface area contributed by atoms with E-state index in [2.05, 4.69) is 41.6 Å². The SMILES string of the molecule is Cc1nn(-c2ccccn2)c2ccc(Nc3[nH]nc4nccnc34)cc12. The monoisotopic (exact) mass is 342 g/mol. The van der Waals surface area contributed by atoms with Crippen molar-refractivity contribution in [1.29, 1.82) is 0 Å². The number of aromatic nitrogens is 7. The van der Waals surface area contributed by atoms with Gasteiger partial charge in [0.1, 0.15) is 0 Å². The molecule has 4 aromatic heterocycles. The number of hydrogen-bond acceptors (Lipinski definition) is 6. The third-order valence-corrected chi connectivity index (χ3v) is 4.19. The highest BCUT2D eigenvalue weighted by Crippen LogP contribution is 2.27. The van der Waals surface area contributed by atoms with Crippen LogP contribution in [0.1, 0.15) is 5.69 Å². The molecule has 0 aliphatic carbocycles. The van der Waals surface area contributed by atoms with Crippen molar-refractivity contribution in [2.75, 3.05) is 5.32 Å². The fourth-order valence-electron chi connectivity index (χ4n) is 2.98. The van der Waals surface area contributed by atoms with Crippen LogP contribution in [0.4, 0.5) is 11.5 Å². The standard InChI is InChI=1S/C18H14N8/c1-11-13-10-12(22-18-16-17(23-24-18)21-9-8-20-16)5-6-14(13)26(25-11)15-4-2-3-7-19-15/h2-10H,1H3,(H2,21,22,23,24). The molecule has 0 aliphatic heterocycles. The van der Waals surface area contributed by atoms with Crippen LogP contribution in [0.25, 0.3) is 27.9 Å². The fourth-order valence-corrected chi connectivity index (χ4v) is 2.98. The molecule has 0 saturated heterocycles. The molecule has 0 unspecified atom stereocenters. The van der Waals surface area contributed by atoms with Crippen LogP contribution in [-0.2, 0) is 0 Å². The minimum Gasteiger partial charge on any atom is -0.339 e. The summed E-state index contributed by atoms with van der Waals surface area (Å²) in [7, 11) is 0. The van der Waals surface area contributed by atoms with E-state index in [1.54, 1.807) is 18.6 Å². The van der Waals surface area contributed by atoms with Crippen LogP contribution in [0.5, 0.6) is 0 Å². The zero-order valence-electron chi connectivity index (χ0n) is 13.9. The van der Waals surface area contributed by atoms with E-state index in [9.17, 15) is 0 Å². The van der Waals surface area contributed by atoms with E-state index < -0.39 is 0 Å². The topological polar surface area (TPSA) is 97.2 Å². The molecular formula is C18H14N8. The average Bonchev–Trinajstić information content (AvgIpc) is 3.24. The third kappa shape index (κ3) is 2.27. The lowest BCUT2D eigenvalue weighted by atomic mass is 10.2. The largest absolute Gasteiger partial charge is 0.339 e. The zero-order valence-corrected chi connectivity index (χ0v) is 13.9. The van der Waals surface area contributed by atoms with Crippen molar-refractivity contribution in [2.45, 2.75) is 6.92 Å². The summed E-state index contributed by atoms with van der Waals surface area (Å²) in [6.07, 6.45) is 5.03. The Morgan fingerprint density at radius 1 is 1.00 bits per heavy atom. The number of aryl methyl sites for hydroxylation is 1. The van der Waals surface area contributed by atoms with Crippen molar-refractivity contribution in [3.8, 4) is 5.82 Å². The molecule has 1 aromatic carbocycles. The van der Waals surface area contributed by atoms with Crippen molar-refractivity contribution >= 4 is 33.6 Å². The second-order valence-corrected chi connectivity index (χ2v) is 5.87. The Bertz CT molecular complexity index is 1220. The summed E-state index contributed by atoms with van der Waals surface area (Å²) in [6.45, 7) is 1.99. The van der Waals surface area contributed by atoms with Gasteiger partial charge in [0.2, 0.25) is 5.65 Å². The first-order valence-electron chi connectivity index (χ1n) is 8.12. The van der Waals surface area contributed by atoms with Crippen LogP contribution >= 0.6 is 0 Å². The molecule has 0 atom stereocenters. The summed E-state index contributed by atoms with van der Waals surface area (Å²) in [5.74, 6) is 1.50. The van der Waals surface area contributed by atoms with Crippen molar-refractivity contribution in [3.63, 3.8) is 0 Å². The Kier molecular flexibility index (Phi) is 3.14. The number of benzene rings is 1. The maximum atomic E-state index is 4.63. The predicted molar refractivity (Wildman–Crippen MR) is 98.6 cm³/mol. The Hall–Kier alpha value is -3.81. The first-order valence-corrected chi connectivity index (χ1v) is 8.12. The Balaban J connectivity index is 1.57. The number of rotatable bonds is 3. The number of aromatic amines is 1. The highest BCUT2D eigenvalue weighted by Gasteiger charge is 2.12. The zero-order chi connectivity index (χ0) is 17.5. The number of pyridine rings is 1. The molecule has 26 heavy (non-hydrogen) atoms. The lowest BCUT2D eigenvalue weighted by Crippen LogP contribution is -1.98. The molecular weight excluding hydrogens is 328 g/mol. The predicted octanol–water partition coefficient (Wildman–Crippen LogP) is 3.14. The maximum Gasteiger partial charge on any atom is 0.201 e. The summed E-state index contributed by atoms with van der Waals surface area (Å²) in [5.41, 5.74) is 4.13. The highest BCUT2D eigenvalue weighted by atomic mass is 15.3. The van der Waals surface area contributed by atoms with Gasteiger partial charge in [-0.15, -0.1) is 0 Å². The van der Waals surface area contributed by atoms with E-state index in [0.717, 1.165) is 28.1 Å². The van der Waals surface area contributed by atoms with Crippen molar-refractivity contribution < 1.29 is 0 Å². The first-order chi connectivity index (χ1) is 12.8. The molecule has 0 aliphatic rings. The van der Waals surface area contributed by atoms with Crippen molar-refractivity contribution in [3.05, 3.63) is 60.7 Å². The minimum absolute atomic E-state index is 0.579. The minimum atomic E-state index is 0.579. The number of nitrogens with zero attached hydrogens (tertiary/aromatic N) is 6. The maximum absolute atomic E-state index is 4.63. The molecule has 8 nitrogen and oxygen atoms in total. The van der Waals surface area contributed by atoms with Crippen LogP contribution < -0.4 is 5.32 Å². The number of H-pyrrole nitrogens is 1. The smallest absolute Gasteiger partial charge is 0.201 e. The molecule has 0 bridgehead atoms. The molecule has 0 fully saturated rings. The molecule has 5 aromatic rings. The second kappa shape index (κ2) is 5.62. The van der Waals surface area contributed by atoms with Gasteiger partial charge in [-0.25, -0.2) is 19.6 Å². The van der Waals surface area contributed by atoms with Gasteiger partial charge in [0.05, 0.1) is 11.2 Å². The van der Waals surface area contributed by atoms with Crippen molar-refractivity contribution in [1.82, 2.24) is 34.9 Å². The van der Waals surface area contributed by atoms with E-state index >= 15 is 0 Å². The van der Waals surface area contributed by atoms with Gasteiger partial charge >= 0.3 is 0 Å². The van der Waals surface area contributed by atoms with Crippen LogP contribution in [0.2, 0.25) is 0 Å². The van der Waals surface area contributed by atoms with Gasteiger partial charge in [0.25, 0.3) is 0 Å². The summed E-state index contributed by atoms with van der Waals surface area (Å²) in [6, 6.07) is 11.9. The van der Waals surface area contributed by atoms with Crippen LogP contribution in [0.15, 0.2) is 55.0 Å². The Morgan fingerprint density at radius 3 is 2.81 bits per heavy atom. The lowest BCUT2D eigenvalue weighted by Gasteiger charge is -2.05. The van der Waals surface area contributed by atoms with E-state index in [1.807, 2.05) is 41.9 Å². The lowest BCUT2D eigenvalue weighted by molar-refractivity contribution is 0.857. The summed E-state index contributed by atoms with van der Waals surface area (Å²) >= 11 is 0. The van der Waals surface area contributed by atoms with Crippen LogP contribution in [0, 0.1) is 6.92 Å². The van der Waals surface area contributed by atoms with Crippen molar-refractivity contribution in [2.24, 2.45) is 0 Å². The van der Waals surface area contributed by atoms with Gasteiger partial charge in [0, 0.05) is 29.7 Å². The molecule has 126 valence electrons. The molecule has 8 heteroatoms. The second-order valence-electron chi connectivity index (χ2n) is 5.87. The highest BCUT2D eigenvalue weighted by molar-refractivity contribution is 5.89. The average molecular weight is 342 g/mol. The Labute approximate surface area is 147 Å². The summed E-state index contributed by atoms with van der Waals surface area (Å²) in [5, 5.41) is 16.1. The normalized spacial score (nSPS) is 11.3. The molecule has 0 radical (unpaired) electrons. The van der Waals surface area contributed by atoms with E-state index in [0.29, 0.717) is 17.0 Å². The Morgan fingerprint density at radius 2 is 1.92 bits per heavy atom. The van der Waals surface area contributed by atoms with Gasteiger partial charge in [0.15, 0.2) is 17.2 Å². The molecule has 0 amide bonds. The van der Waals surface area contributed by atoms with E-state index in [-0.39, 0.29) is 0 Å². The van der Waals surface area contributed by atoms with Gasteiger partial charge in [-0.1, -0.05) is 6.07 Å². The van der Waals surface area contributed by atoms with Gasteiger partial charge in [-0.3, -0.25) is 5.10 Å².